The number of rotatable bonds is 7. The molecule has 140 valence electrons. The molecule has 0 saturated carbocycles. The number of ether oxygens (including phenoxy) is 2. The highest BCUT2D eigenvalue weighted by Crippen LogP contribution is 2.34. The molecule has 1 aromatic carbocycles. The van der Waals surface area contributed by atoms with Gasteiger partial charge in [0.2, 0.25) is 0 Å². The minimum absolute atomic E-state index is 0.499. The van der Waals surface area contributed by atoms with Crippen LogP contribution in [0.4, 0.5) is 0 Å². The summed E-state index contributed by atoms with van der Waals surface area (Å²) in [5.41, 5.74) is 4.54. The lowest BCUT2D eigenvalue weighted by Gasteiger charge is -2.28. The summed E-state index contributed by atoms with van der Waals surface area (Å²) in [6.45, 7) is 6.01. The van der Waals surface area contributed by atoms with Crippen LogP contribution in [0.3, 0.4) is 0 Å². The number of carboxylic acid groups (broad SMARTS) is 1. The number of fused-ring (bicyclic) bond motifs is 1. The first-order valence-corrected chi connectivity index (χ1v) is 8.86. The van der Waals surface area contributed by atoms with Gasteiger partial charge in [-0.1, -0.05) is 19.1 Å². The summed E-state index contributed by atoms with van der Waals surface area (Å²) in [5.74, 6) is 0.0416. The van der Waals surface area contributed by atoms with Crippen molar-refractivity contribution in [3.05, 3.63) is 40.7 Å². The second kappa shape index (κ2) is 7.78. The zero-order valence-electron chi connectivity index (χ0n) is 15.4. The summed E-state index contributed by atoms with van der Waals surface area (Å²) >= 11 is 0. The standard InChI is InChI=1S/C19H25N3O4/c1-4-15-14-11-22(9-8-16(14)21-20-15)10-13-6-5-7-17(25-3)18(13)26-12(2)19(23)24/h5-7,12H,4,8-11H2,1-3H3,(H,20,21)(H,23,24)/t12-/m1/s1. The molecule has 0 saturated heterocycles. The number of nitrogens with zero attached hydrogens (tertiary/aromatic N) is 2. The normalized spacial score (nSPS) is 15.3. The van der Waals surface area contributed by atoms with E-state index in [4.69, 9.17) is 9.47 Å². The predicted molar refractivity (Wildman–Crippen MR) is 96.5 cm³/mol. The van der Waals surface area contributed by atoms with E-state index in [9.17, 15) is 9.90 Å². The highest BCUT2D eigenvalue weighted by Gasteiger charge is 2.24. The zero-order chi connectivity index (χ0) is 18.7. The zero-order valence-corrected chi connectivity index (χ0v) is 15.4. The molecule has 7 nitrogen and oxygen atoms in total. The number of H-pyrrole nitrogens is 1. The van der Waals surface area contributed by atoms with E-state index in [1.54, 1.807) is 13.2 Å². The Morgan fingerprint density at radius 1 is 1.46 bits per heavy atom. The maximum atomic E-state index is 11.2. The molecule has 2 aromatic rings. The average Bonchev–Trinajstić information content (AvgIpc) is 3.05. The van der Waals surface area contributed by atoms with Crippen LogP contribution in [0.15, 0.2) is 18.2 Å². The highest BCUT2D eigenvalue weighted by molar-refractivity contribution is 5.72. The molecule has 26 heavy (non-hydrogen) atoms. The lowest BCUT2D eigenvalue weighted by atomic mass is 10.0. The van der Waals surface area contributed by atoms with Gasteiger partial charge in [-0.2, -0.15) is 5.10 Å². The number of hydrogen-bond acceptors (Lipinski definition) is 5. The van der Waals surface area contributed by atoms with E-state index in [1.807, 2.05) is 12.1 Å². The number of para-hydroxylation sites is 1. The topological polar surface area (TPSA) is 87.7 Å². The van der Waals surface area contributed by atoms with Crippen molar-refractivity contribution in [1.29, 1.82) is 0 Å². The molecular weight excluding hydrogens is 334 g/mol. The molecule has 0 bridgehead atoms. The third-order valence-electron chi connectivity index (χ3n) is 4.75. The minimum atomic E-state index is -1.00. The summed E-state index contributed by atoms with van der Waals surface area (Å²) < 4.78 is 11.1. The number of carboxylic acids is 1. The van der Waals surface area contributed by atoms with Gasteiger partial charge in [0, 0.05) is 42.9 Å². The molecule has 0 spiro atoms. The second-order valence-corrected chi connectivity index (χ2v) is 6.49. The van der Waals surface area contributed by atoms with E-state index >= 15 is 0 Å². The van der Waals surface area contributed by atoms with Crippen LogP contribution in [0, 0.1) is 0 Å². The minimum Gasteiger partial charge on any atom is -0.493 e. The summed E-state index contributed by atoms with van der Waals surface area (Å²) in [6.07, 6.45) is 0.885. The highest BCUT2D eigenvalue weighted by atomic mass is 16.5. The Morgan fingerprint density at radius 2 is 2.27 bits per heavy atom. The smallest absolute Gasteiger partial charge is 0.344 e. The van der Waals surface area contributed by atoms with E-state index in [-0.39, 0.29) is 0 Å². The number of aryl methyl sites for hydroxylation is 1. The van der Waals surface area contributed by atoms with Crippen molar-refractivity contribution >= 4 is 5.97 Å². The van der Waals surface area contributed by atoms with Gasteiger partial charge in [0.05, 0.1) is 12.8 Å². The van der Waals surface area contributed by atoms with Crippen LogP contribution in [0.2, 0.25) is 0 Å². The first-order valence-electron chi connectivity index (χ1n) is 8.86. The van der Waals surface area contributed by atoms with Crippen LogP contribution in [-0.4, -0.2) is 45.9 Å². The van der Waals surface area contributed by atoms with Crippen molar-refractivity contribution in [2.24, 2.45) is 0 Å². The number of aliphatic carboxylic acids is 1. The molecule has 3 rings (SSSR count). The van der Waals surface area contributed by atoms with E-state index < -0.39 is 12.1 Å². The fourth-order valence-electron chi connectivity index (χ4n) is 3.29. The van der Waals surface area contributed by atoms with Crippen LogP contribution in [0.1, 0.15) is 36.4 Å². The van der Waals surface area contributed by atoms with Gasteiger partial charge in [-0.05, 0) is 19.4 Å². The van der Waals surface area contributed by atoms with Crippen molar-refractivity contribution in [2.45, 2.75) is 45.9 Å². The molecular formula is C19H25N3O4. The van der Waals surface area contributed by atoms with Gasteiger partial charge in [0.25, 0.3) is 0 Å². The summed E-state index contributed by atoms with van der Waals surface area (Å²) in [4.78, 5) is 13.5. The summed E-state index contributed by atoms with van der Waals surface area (Å²) in [6, 6.07) is 5.64. The largest absolute Gasteiger partial charge is 0.493 e. The van der Waals surface area contributed by atoms with E-state index in [0.717, 1.165) is 37.2 Å². The Kier molecular flexibility index (Phi) is 5.46. The van der Waals surface area contributed by atoms with Crippen LogP contribution >= 0.6 is 0 Å². The summed E-state index contributed by atoms with van der Waals surface area (Å²) in [7, 11) is 1.56. The Hall–Kier alpha value is -2.54. The Bertz CT molecular complexity index is 774. The Morgan fingerprint density at radius 3 is 2.96 bits per heavy atom. The van der Waals surface area contributed by atoms with Crippen molar-refractivity contribution in [3.8, 4) is 11.5 Å². The number of benzene rings is 1. The SMILES string of the molecule is CCc1n[nH]c2c1CN(Cc1cccc(OC)c1O[C@H](C)C(=O)O)CC2. The lowest BCUT2D eigenvalue weighted by molar-refractivity contribution is -0.144. The molecule has 2 heterocycles. The maximum absolute atomic E-state index is 11.2. The first kappa shape index (κ1) is 18.3. The second-order valence-electron chi connectivity index (χ2n) is 6.49. The molecule has 1 atom stereocenters. The van der Waals surface area contributed by atoms with E-state index in [0.29, 0.717) is 18.0 Å². The average molecular weight is 359 g/mol. The monoisotopic (exact) mass is 359 g/mol. The fraction of sp³-hybridized carbons (Fsp3) is 0.474. The van der Waals surface area contributed by atoms with Gasteiger partial charge >= 0.3 is 5.97 Å². The number of hydrogen-bond donors (Lipinski definition) is 2. The van der Waals surface area contributed by atoms with Crippen molar-refractivity contribution in [3.63, 3.8) is 0 Å². The van der Waals surface area contributed by atoms with Crippen LogP contribution < -0.4 is 9.47 Å². The van der Waals surface area contributed by atoms with E-state index in [1.165, 1.54) is 18.2 Å². The molecule has 7 heteroatoms. The van der Waals surface area contributed by atoms with Crippen LogP contribution in [0.25, 0.3) is 0 Å². The van der Waals surface area contributed by atoms with Gasteiger partial charge in [-0.15, -0.1) is 0 Å². The van der Waals surface area contributed by atoms with Gasteiger partial charge in [0.15, 0.2) is 17.6 Å². The number of methoxy groups -OCH3 is 1. The molecule has 0 amide bonds. The first-order chi connectivity index (χ1) is 12.5. The molecule has 0 unspecified atom stereocenters. The summed E-state index contributed by atoms with van der Waals surface area (Å²) in [5, 5.41) is 16.7. The molecule has 1 aliphatic rings. The number of aromatic amines is 1. The third kappa shape index (κ3) is 3.67. The molecule has 1 aromatic heterocycles. The van der Waals surface area contributed by atoms with Crippen molar-refractivity contribution in [1.82, 2.24) is 15.1 Å². The molecule has 0 fully saturated rings. The molecule has 1 aliphatic heterocycles. The molecule has 0 radical (unpaired) electrons. The number of nitrogens with one attached hydrogen (secondary N) is 1. The van der Waals surface area contributed by atoms with Gasteiger partial charge < -0.3 is 14.6 Å². The predicted octanol–water partition coefficient (Wildman–Crippen LogP) is 2.39. The maximum Gasteiger partial charge on any atom is 0.344 e. The molecule has 0 aliphatic carbocycles. The van der Waals surface area contributed by atoms with Gasteiger partial charge in [-0.25, -0.2) is 4.79 Å². The number of aromatic nitrogens is 2. The quantitative estimate of drug-likeness (QED) is 0.789. The van der Waals surface area contributed by atoms with Crippen molar-refractivity contribution < 1.29 is 19.4 Å². The Labute approximate surface area is 152 Å². The van der Waals surface area contributed by atoms with Crippen molar-refractivity contribution in [2.75, 3.05) is 13.7 Å². The fourth-order valence-corrected chi connectivity index (χ4v) is 3.29. The van der Waals surface area contributed by atoms with Gasteiger partial charge in [-0.3, -0.25) is 10.00 Å². The lowest BCUT2D eigenvalue weighted by Crippen LogP contribution is -2.31. The van der Waals surface area contributed by atoms with Gasteiger partial charge in [0.1, 0.15) is 0 Å². The molecule has 2 N–H and O–H groups in total. The van der Waals surface area contributed by atoms with Crippen LogP contribution in [-0.2, 0) is 30.7 Å². The Balaban J connectivity index is 1.82. The van der Waals surface area contributed by atoms with E-state index in [2.05, 4.69) is 22.0 Å². The van der Waals surface area contributed by atoms with Crippen LogP contribution in [0.5, 0.6) is 11.5 Å². The third-order valence-corrected chi connectivity index (χ3v) is 4.75. The number of carbonyl (C=O) groups is 1.